The van der Waals surface area contributed by atoms with E-state index in [1.54, 1.807) is 7.11 Å². The van der Waals surface area contributed by atoms with Crippen molar-refractivity contribution >= 4 is 0 Å². The summed E-state index contributed by atoms with van der Waals surface area (Å²) in [7, 11) is 1.79. The number of hydrogen-bond donors (Lipinski definition) is 1. The number of methoxy groups -OCH3 is 1. The van der Waals surface area contributed by atoms with Crippen LogP contribution in [-0.2, 0) is 4.74 Å². The second-order valence-electron chi connectivity index (χ2n) is 5.98. The van der Waals surface area contributed by atoms with Crippen LogP contribution in [0.2, 0.25) is 0 Å². The molecule has 0 unspecified atom stereocenters. The molecule has 0 aromatic rings. The second kappa shape index (κ2) is 9.76. The van der Waals surface area contributed by atoms with E-state index in [-0.39, 0.29) is 0 Å². The first kappa shape index (κ1) is 15.9. The lowest BCUT2D eigenvalue weighted by Gasteiger charge is -2.27. The molecule has 1 aliphatic carbocycles. The van der Waals surface area contributed by atoms with Crippen molar-refractivity contribution in [3.05, 3.63) is 0 Å². The monoisotopic (exact) mass is 256 g/mol. The Labute approximate surface area is 113 Å². The van der Waals surface area contributed by atoms with Gasteiger partial charge in [0.1, 0.15) is 0 Å². The predicted molar refractivity (Wildman–Crippen MR) is 78.0 cm³/mol. The van der Waals surface area contributed by atoms with E-state index in [4.69, 9.17) is 4.74 Å². The normalized spacial score (nSPS) is 17.8. The minimum atomic E-state index is 0.733. The van der Waals surface area contributed by atoms with Gasteiger partial charge in [0, 0.05) is 39.3 Å². The summed E-state index contributed by atoms with van der Waals surface area (Å²) in [6, 6.07) is 0.780. The Hall–Kier alpha value is -0.120. The first-order valence-corrected chi connectivity index (χ1v) is 7.67. The van der Waals surface area contributed by atoms with Crippen molar-refractivity contribution in [2.24, 2.45) is 5.92 Å². The lowest BCUT2D eigenvalue weighted by molar-refractivity contribution is 0.139. The van der Waals surface area contributed by atoms with Gasteiger partial charge >= 0.3 is 0 Å². The number of nitrogens with zero attached hydrogens (tertiary/aromatic N) is 1. The molecule has 108 valence electrons. The van der Waals surface area contributed by atoms with Crippen LogP contribution >= 0.6 is 0 Å². The fourth-order valence-electron chi connectivity index (χ4n) is 2.76. The fourth-order valence-corrected chi connectivity index (χ4v) is 2.76. The maximum absolute atomic E-state index is 5.19. The van der Waals surface area contributed by atoms with E-state index < -0.39 is 0 Å². The van der Waals surface area contributed by atoms with Gasteiger partial charge in [0.15, 0.2) is 0 Å². The highest BCUT2D eigenvalue weighted by Gasteiger charge is 2.13. The Bertz CT molecular complexity index is 191. The summed E-state index contributed by atoms with van der Waals surface area (Å²) in [5.74, 6) is 0.733. The lowest BCUT2D eigenvalue weighted by Crippen LogP contribution is -2.40. The van der Waals surface area contributed by atoms with Crippen molar-refractivity contribution in [1.82, 2.24) is 10.2 Å². The summed E-state index contributed by atoms with van der Waals surface area (Å²) in [5, 5.41) is 3.72. The minimum absolute atomic E-state index is 0.733. The lowest BCUT2D eigenvalue weighted by atomic mass is 9.95. The molecule has 0 spiro atoms. The van der Waals surface area contributed by atoms with Crippen LogP contribution in [0.4, 0.5) is 0 Å². The van der Waals surface area contributed by atoms with Crippen LogP contribution in [0.25, 0.3) is 0 Å². The van der Waals surface area contributed by atoms with Crippen LogP contribution < -0.4 is 5.32 Å². The molecular formula is C15H32N2O. The highest BCUT2D eigenvalue weighted by molar-refractivity contribution is 4.72. The Balaban J connectivity index is 2.14. The molecule has 0 bridgehead atoms. The van der Waals surface area contributed by atoms with Crippen LogP contribution in [-0.4, -0.2) is 50.8 Å². The summed E-state index contributed by atoms with van der Waals surface area (Å²) in [6.45, 7) is 9.93. The molecule has 1 fully saturated rings. The zero-order valence-electron chi connectivity index (χ0n) is 12.6. The SMILES string of the molecule is COCCN(CCNC1CCCCC1)CC(C)C. The van der Waals surface area contributed by atoms with Crippen LogP contribution in [0.3, 0.4) is 0 Å². The molecule has 0 atom stereocenters. The molecule has 0 saturated heterocycles. The van der Waals surface area contributed by atoms with Crippen molar-refractivity contribution < 1.29 is 4.74 Å². The summed E-state index contributed by atoms with van der Waals surface area (Å²) < 4.78 is 5.19. The van der Waals surface area contributed by atoms with Crippen LogP contribution in [0.1, 0.15) is 46.0 Å². The van der Waals surface area contributed by atoms with Crippen molar-refractivity contribution in [2.45, 2.75) is 52.0 Å². The summed E-state index contributed by atoms with van der Waals surface area (Å²) in [5.41, 5.74) is 0. The van der Waals surface area contributed by atoms with E-state index in [0.29, 0.717) is 0 Å². The number of nitrogens with one attached hydrogen (secondary N) is 1. The smallest absolute Gasteiger partial charge is 0.0589 e. The van der Waals surface area contributed by atoms with E-state index in [2.05, 4.69) is 24.1 Å². The van der Waals surface area contributed by atoms with E-state index >= 15 is 0 Å². The average molecular weight is 256 g/mol. The summed E-state index contributed by atoms with van der Waals surface area (Å²) >= 11 is 0. The van der Waals surface area contributed by atoms with Crippen LogP contribution in [0.15, 0.2) is 0 Å². The van der Waals surface area contributed by atoms with E-state index in [1.165, 1.54) is 38.6 Å². The molecular weight excluding hydrogens is 224 g/mol. The average Bonchev–Trinajstić information content (AvgIpc) is 2.36. The Kier molecular flexibility index (Phi) is 8.64. The van der Waals surface area contributed by atoms with Crippen molar-refractivity contribution in [3.8, 4) is 0 Å². The number of hydrogen-bond acceptors (Lipinski definition) is 3. The molecule has 0 amide bonds. The Morgan fingerprint density at radius 1 is 1.17 bits per heavy atom. The highest BCUT2D eigenvalue weighted by Crippen LogP contribution is 2.17. The fraction of sp³-hybridized carbons (Fsp3) is 1.00. The van der Waals surface area contributed by atoms with E-state index in [0.717, 1.165) is 38.2 Å². The van der Waals surface area contributed by atoms with Crippen molar-refractivity contribution in [2.75, 3.05) is 39.9 Å². The molecule has 1 rings (SSSR count). The van der Waals surface area contributed by atoms with E-state index in [9.17, 15) is 0 Å². The standard InChI is InChI=1S/C15H32N2O/c1-14(2)13-17(11-12-18-3)10-9-16-15-7-5-4-6-8-15/h14-16H,4-13H2,1-3H3. The Morgan fingerprint density at radius 3 is 2.50 bits per heavy atom. The molecule has 18 heavy (non-hydrogen) atoms. The van der Waals surface area contributed by atoms with Crippen LogP contribution in [0.5, 0.6) is 0 Å². The van der Waals surface area contributed by atoms with Crippen molar-refractivity contribution in [1.29, 1.82) is 0 Å². The topological polar surface area (TPSA) is 24.5 Å². The maximum atomic E-state index is 5.19. The van der Waals surface area contributed by atoms with E-state index in [1.807, 2.05) is 0 Å². The molecule has 0 aliphatic heterocycles. The van der Waals surface area contributed by atoms with Crippen LogP contribution in [0, 0.1) is 5.92 Å². The molecule has 3 heteroatoms. The van der Waals surface area contributed by atoms with Gasteiger partial charge in [-0.2, -0.15) is 0 Å². The molecule has 1 N–H and O–H groups in total. The summed E-state index contributed by atoms with van der Waals surface area (Å²) in [4.78, 5) is 2.52. The highest BCUT2D eigenvalue weighted by atomic mass is 16.5. The van der Waals surface area contributed by atoms with Crippen molar-refractivity contribution in [3.63, 3.8) is 0 Å². The van der Waals surface area contributed by atoms with Gasteiger partial charge < -0.3 is 10.1 Å². The van der Waals surface area contributed by atoms with Gasteiger partial charge in [-0.3, -0.25) is 4.90 Å². The van der Waals surface area contributed by atoms with Gasteiger partial charge in [-0.05, 0) is 18.8 Å². The Morgan fingerprint density at radius 2 is 1.89 bits per heavy atom. The molecule has 3 nitrogen and oxygen atoms in total. The first-order valence-electron chi connectivity index (χ1n) is 7.67. The molecule has 1 aliphatic rings. The van der Waals surface area contributed by atoms with Gasteiger partial charge in [0.25, 0.3) is 0 Å². The first-order chi connectivity index (χ1) is 8.72. The third-order valence-corrected chi connectivity index (χ3v) is 3.70. The maximum Gasteiger partial charge on any atom is 0.0589 e. The number of ether oxygens (including phenoxy) is 1. The van der Waals surface area contributed by atoms with Gasteiger partial charge in [0.05, 0.1) is 6.61 Å². The number of rotatable bonds is 9. The van der Waals surface area contributed by atoms with Gasteiger partial charge in [-0.15, -0.1) is 0 Å². The zero-order chi connectivity index (χ0) is 13.2. The molecule has 1 saturated carbocycles. The zero-order valence-corrected chi connectivity index (χ0v) is 12.6. The van der Waals surface area contributed by atoms with Gasteiger partial charge in [-0.25, -0.2) is 0 Å². The molecule has 0 heterocycles. The third kappa shape index (κ3) is 7.34. The molecule has 0 aromatic heterocycles. The largest absolute Gasteiger partial charge is 0.383 e. The third-order valence-electron chi connectivity index (χ3n) is 3.70. The predicted octanol–water partition coefficient (Wildman–Crippen LogP) is 2.51. The van der Waals surface area contributed by atoms with Gasteiger partial charge in [-0.1, -0.05) is 33.1 Å². The quantitative estimate of drug-likeness (QED) is 0.686. The molecule has 0 aromatic carbocycles. The summed E-state index contributed by atoms with van der Waals surface area (Å²) in [6.07, 6.45) is 7.02. The second-order valence-corrected chi connectivity index (χ2v) is 5.98. The minimum Gasteiger partial charge on any atom is -0.383 e. The molecule has 0 radical (unpaired) electrons. The van der Waals surface area contributed by atoms with Gasteiger partial charge in [0.2, 0.25) is 0 Å².